The summed E-state index contributed by atoms with van der Waals surface area (Å²) in [7, 11) is 0. The van der Waals surface area contributed by atoms with Gasteiger partial charge in [0.2, 0.25) is 0 Å². The molecule has 0 aliphatic heterocycles. The van der Waals surface area contributed by atoms with Crippen LogP contribution in [0.2, 0.25) is 0 Å². The number of rotatable bonds is 2. The molecule has 1 rings (SSSR count). The lowest BCUT2D eigenvalue weighted by atomic mass is 9.83. The first kappa shape index (κ1) is 12.0. The van der Waals surface area contributed by atoms with Gasteiger partial charge >= 0.3 is 0 Å². The highest BCUT2D eigenvalue weighted by Crippen LogP contribution is 2.26. The fraction of sp³-hybridized carbons (Fsp3) is 0.500. The van der Waals surface area contributed by atoms with E-state index >= 15 is 0 Å². The van der Waals surface area contributed by atoms with Gasteiger partial charge in [-0.25, -0.2) is 0 Å². The van der Waals surface area contributed by atoms with Crippen molar-refractivity contribution in [3.8, 4) is 0 Å². The van der Waals surface area contributed by atoms with E-state index in [1.807, 2.05) is 19.1 Å². The van der Waals surface area contributed by atoms with Crippen molar-refractivity contribution in [3.05, 3.63) is 34.9 Å². The molecule has 15 heavy (non-hydrogen) atoms. The average molecular weight is 204 g/mol. The molecule has 0 spiro atoms. The predicted molar refractivity (Wildman–Crippen MR) is 64.5 cm³/mol. The van der Waals surface area contributed by atoms with Crippen molar-refractivity contribution in [2.24, 2.45) is 0 Å². The summed E-state index contributed by atoms with van der Waals surface area (Å²) in [5.74, 6) is 0.221. The van der Waals surface area contributed by atoms with E-state index in [0.717, 1.165) is 5.56 Å². The molecule has 0 bridgehead atoms. The summed E-state index contributed by atoms with van der Waals surface area (Å²) in [4.78, 5) is 11.5. The Bertz CT molecular complexity index is 369. The van der Waals surface area contributed by atoms with Crippen LogP contribution in [0, 0.1) is 6.92 Å². The van der Waals surface area contributed by atoms with Crippen LogP contribution in [0.5, 0.6) is 0 Å². The predicted octanol–water partition coefficient (Wildman–Crippen LogP) is 3.89. The zero-order valence-electron chi connectivity index (χ0n) is 10.3. The van der Waals surface area contributed by atoms with Crippen LogP contribution in [0.15, 0.2) is 18.2 Å². The molecule has 1 nitrogen and oxygen atoms in total. The highest BCUT2D eigenvalue weighted by atomic mass is 16.1. The van der Waals surface area contributed by atoms with Gasteiger partial charge in [-0.2, -0.15) is 0 Å². The van der Waals surface area contributed by atoms with Crippen molar-refractivity contribution in [3.63, 3.8) is 0 Å². The fourth-order valence-corrected chi connectivity index (χ4v) is 1.88. The van der Waals surface area contributed by atoms with E-state index < -0.39 is 0 Å². The first-order valence-electron chi connectivity index (χ1n) is 5.50. The monoisotopic (exact) mass is 204 g/mol. The molecule has 0 saturated carbocycles. The topological polar surface area (TPSA) is 17.1 Å². The van der Waals surface area contributed by atoms with Gasteiger partial charge in [-0.3, -0.25) is 4.79 Å². The minimum Gasteiger partial charge on any atom is -0.294 e. The number of hydrogen-bond acceptors (Lipinski definition) is 1. The average Bonchev–Trinajstić information content (AvgIpc) is 2.14. The number of hydrogen-bond donors (Lipinski definition) is 0. The lowest BCUT2D eigenvalue weighted by Crippen LogP contribution is -2.13. The van der Waals surface area contributed by atoms with Gasteiger partial charge in [0.1, 0.15) is 0 Å². The number of Topliss-reactive ketones (excluding diaryl/α,β-unsaturated/α-hetero) is 1. The maximum absolute atomic E-state index is 11.5. The molecular weight excluding hydrogens is 184 g/mol. The van der Waals surface area contributed by atoms with E-state index in [1.165, 1.54) is 11.1 Å². The summed E-state index contributed by atoms with van der Waals surface area (Å²) in [5, 5.41) is 0. The molecule has 0 atom stereocenters. The highest BCUT2D eigenvalue weighted by Gasteiger charge is 2.16. The molecule has 0 radical (unpaired) electrons. The minimum absolute atomic E-state index is 0.151. The van der Waals surface area contributed by atoms with E-state index in [4.69, 9.17) is 0 Å². The molecule has 0 aromatic heterocycles. The van der Waals surface area contributed by atoms with Crippen LogP contribution < -0.4 is 0 Å². The third kappa shape index (κ3) is 2.68. The van der Waals surface area contributed by atoms with Crippen molar-refractivity contribution >= 4 is 5.78 Å². The third-order valence-electron chi connectivity index (χ3n) is 2.68. The van der Waals surface area contributed by atoms with E-state index in [2.05, 4.69) is 33.8 Å². The molecule has 0 unspecified atom stereocenters. The molecule has 0 fully saturated rings. The Hall–Kier alpha value is -1.11. The first-order chi connectivity index (χ1) is 6.86. The molecule has 0 heterocycles. The minimum atomic E-state index is 0.151. The summed E-state index contributed by atoms with van der Waals surface area (Å²) >= 11 is 0. The molecule has 82 valence electrons. The smallest absolute Gasteiger partial charge is 0.162 e. The maximum atomic E-state index is 11.5. The van der Waals surface area contributed by atoms with Crippen LogP contribution in [0.4, 0.5) is 0 Å². The summed E-state index contributed by atoms with van der Waals surface area (Å²) < 4.78 is 0. The van der Waals surface area contributed by atoms with E-state index in [9.17, 15) is 4.79 Å². The van der Waals surface area contributed by atoms with Crippen molar-refractivity contribution in [1.82, 2.24) is 0 Å². The summed E-state index contributed by atoms with van der Waals surface area (Å²) in [6.45, 7) is 10.5. The molecular formula is C14H20O. The lowest BCUT2D eigenvalue weighted by Gasteiger charge is -2.22. The summed E-state index contributed by atoms with van der Waals surface area (Å²) in [6, 6.07) is 6.03. The Morgan fingerprint density at radius 1 is 1.27 bits per heavy atom. The highest BCUT2D eigenvalue weighted by molar-refractivity contribution is 5.96. The number of carbonyl (C=O) groups is 1. The van der Waals surface area contributed by atoms with Crippen LogP contribution in [0.25, 0.3) is 0 Å². The van der Waals surface area contributed by atoms with Crippen molar-refractivity contribution < 1.29 is 4.79 Å². The molecule has 0 aliphatic rings. The summed E-state index contributed by atoms with van der Waals surface area (Å²) in [6.07, 6.45) is 0.578. The van der Waals surface area contributed by atoms with Gasteiger partial charge in [-0.15, -0.1) is 0 Å². The zero-order chi connectivity index (χ0) is 11.6. The molecule has 0 N–H and O–H groups in total. The van der Waals surface area contributed by atoms with Gasteiger partial charge in [-0.1, -0.05) is 39.8 Å². The number of aryl methyl sites for hydroxylation is 1. The third-order valence-corrected chi connectivity index (χ3v) is 2.68. The molecule has 1 heteroatoms. The van der Waals surface area contributed by atoms with Crippen LogP contribution in [-0.4, -0.2) is 5.78 Å². The van der Waals surface area contributed by atoms with Crippen LogP contribution in [0.1, 0.15) is 55.6 Å². The van der Waals surface area contributed by atoms with Gasteiger partial charge in [-0.05, 0) is 29.5 Å². The second-order valence-electron chi connectivity index (χ2n) is 5.06. The second-order valence-corrected chi connectivity index (χ2v) is 5.06. The Balaban J connectivity index is 3.15. The largest absolute Gasteiger partial charge is 0.294 e. The number of carbonyl (C=O) groups excluding carboxylic acids is 1. The quantitative estimate of drug-likeness (QED) is 0.668. The maximum Gasteiger partial charge on any atom is 0.162 e. The fourth-order valence-electron chi connectivity index (χ4n) is 1.88. The summed E-state index contributed by atoms with van der Waals surface area (Å²) in [5.41, 5.74) is 3.51. The van der Waals surface area contributed by atoms with Crippen LogP contribution in [-0.2, 0) is 5.41 Å². The van der Waals surface area contributed by atoms with Gasteiger partial charge in [0, 0.05) is 12.0 Å². The number of benzene rings is 1. The molecule has 0 aliphatic carbocycles. The zero-order valence-corrected chi connectivity index (χ0v) is 10.3. The van der Waals surface area contributed by atoms with E-state index in [-0.39, 0.29) is 11.2 Å². The molecule has 1 aromatic rings. The van der Waals surface area contributed by atoms with Gasteiger partial charge in [0.15, 0.2) is 5.78 Å². The van der Waals surface area contributed by atoms with Gasteiger partial charge in [0.25, 0.3) is 0 Å². The van der Waals surface area contributed by atoms with Crippen molar-refractivity contribution in [2.75, 3.05) is 0 Å². The van der Waals surface area contributed by atoms with E-state index in [0.29, 0.717) is 6.42 Å². The Labute approximate surface area is 92.5 Å². The van der Waals surface area contributed by atoms with Crippen LogP contribution in [0.3, 0.4) is 0 Å². The Morgan fingerprint density at radius 2 is 1.87 bits per heavy atom. The standard InChI is InChI=1S/C14H20O/c1-6-13(15)11-7-8-12(10(2)9-11)14(3,4)5/h7-9H,6H2,1-5H3. The number of ketones is 1. The van der Waals surface area contributed by atoms with Crippen LogP contribution >= 0.6 is 0 Å². The second kappa shape index (κ2) is 4.18. The normalized spacial score (nSPS) is 11.5. The SMILES string of the molecule is CCC(=O)c1ccc(C(C)(C)C)c(C)c1. The molecule has 0 amide bonds. The molecule has 0 saturated heterocycles. The van der Waals surface area contributed by atoms with E-state index in [1.54, 1.807) is 0 Å². The first-order valence-corrected chi connectivity index (χ1v) is 5.50. The molecule has 1 aromatic carbocycles. The van der Waals surface area contributed by atoms with Gasteiger partial charge in [0.05, 0.1) is 0 Å². The Kier molecular flexibility index (Phi) is 3.33. The van der Waals surface area contributed by atoms with Crippen molar-refractivity contribution in [2.45, 2.75) is 46.5 Å². The van der Waals surface area contributed by atoms with Crippen molar-refractivity contribution in [1.29, 1.82) is 0 Å². The lowest BCUT2D eigenvalue weighted by molar-refractivity contribution is 0.0988. The Morgan fingerprint density at radius 3 is 2.27 bits per heavy atom. The van der Waals surface area contributed by atoms with Gasteiger partial charge < -0.3 is 0 Å².